The second-order valence-corrected chi connectivity index (χ2v) is 4.16. The number of hydrogen-bond acceptors (Lipinski definition) is 4. The molecule has 14 heavy (non-hydrogen) atoms. The number of anilines is 1. The molecule has 1 atom stereocenters. The van der Waals surface area contributed by atoms with E-state index in [0.717, 1.165) is 12.3 Å². The lowest BCUT2D eigenvalue weighted by molar-refractivity contribution is 0.415. The zero-order chi connectivity index (χ0) is 10.6. The van der Waals surface area contributed by atoms with E-state index in [1.165, 1.54) is 12.8 Å². The van der Waals surface area contributed by atoms with Crippen LogP contribution < -0.4 is 5.73 Å². The molecule has 0 aliphatic heterocycles. The highest BCUT2D eigenvalue weighted by Gasteiger charge is 2.09. The van der Waals surface area contributed by atoms with Crippen molar-refractivity contribution in [2.75, 3.05) is 5.73 Å². The van der Waals surface area contributed by atoms with Gasteiger partial charge in [0.05, 0.1) is 6.04 Å². The largest absolute Gasteiger partial charge is 0.367 e. The van der Waals surface area contributed by atoms with Crippen molar-refractivity contribution < 1.29 is 0 Å². The van der Waals surface area contributed by atoms with E-state index in [2.05, 4.69) is 36.3 Å². The van der Waals surface area contributed by atoms with Crippen LogP contribution in [0.3, 0.4) is 0 Å². The van der Waals surface area contributed by atoms with E-state index in [1.54, 1.807) is 4.68 Å². The maximum Gasteiger partial charge on any atom is 0.240 e. The number of rotatable bonds is 5. The SMILES string of the molecule is CC(C)CCCC(C)n1nnnc1N. The predicted octanol–water partition coefficient (Wildman–Crippen LogP) is 1.64. The Balaban J connectivity index is 2.36. The van der Waals surface area contributed by atoms with Crippen molar-refractivity contribution in [3.05, 3.63) is 0 Å². The van der Waals surface area contributed by atoms with Gasteiger partial charge in [-0.05, 0) is 29.7 Å². The predicted molar refractivity (Wildman–Crippen MR) is 55.6 cm³/mol. The molecule has 2 N–H and O–H groups in total. The molecule has 0 spiro atoms. The van der Waals surface area contributed by atoms with E-state index in [-0.39, 0.29) is 0 Å². The summed E-state index contributed by atoms with van der Waals surface area (Å²) < 4.78 is 1.68. The first kappa shape index (κ1) is 10.9. The molecule has 0 aliphatic rings. The van der Waals surface area contributed by atoms with Crippen LogP contribution in [0.5, 0.6) is 0 Å². The summed E-state index contributed by atoms with van der Waals surface area (Å²) in [7, 11) is 0. The normalized spacial score (nSPS) is 13.4. The van der Waals surface area contributed by atoms with Crippen LogP contribution >= 0.6 is 0 Å². The van der Waals surface area contributed by atoms with Gasteiger partial charge in [0.1, 0.15) is 0 Å². The van der Waals surface area contributed by atoms with Crippen LogP contribution in [0.25, 0.3) is 0 Å². The number of nitrogens with zero attached hydrogens (tertiary/aromatic N) is 4. The van der Waals surface area contributed by atoms with Gasteiger partial charge in [-0.2, -0.15) is 0 Å². The molecule has 0 fully saturated rings. The number of nitrogen functional groups attached to an aromatic ring is 1. The average molecular weight is 197 g/mol. The summed E-state index contributed by atoms with van der Waals surface area (Å²) in [4.78, 5) is 0. The van der Waals surface area contributed by atoms with E-state index < -0.39 is 0 Å². The molecule has 0 radical (unpaired) electrons. The Morgan fingerprint density at radius 3 is 2.50 bits per heavy atom. The highest BCUT2D eigenvalue weighted by atomic mass is 15.6. The van der Waals surface area contributed by atoms with Crippen LogP contribution in [0.15, 0.2) is 0 Å². The summed E-state index contributed by atoms with van der Waals surface area (Å²) >= 11 is 0. The molecule has 1 aromatic rings. The van der Waals surface area contributed by atoms with Crippen LogP contribution in [0.4, 0.5) is 5.95 Å². The Morgan fingerprint density at radius 1 is 1.29 bits per heavy atom. The maximum atomic E-state index is 5.60. The van der Waals surface area contributed by atoms with Crippen molar-refractivity contribution in [3.8, 4) is 0 Å². The first-order valence-electron chi connectivity index (χ1n) is 5.14. The third-order valence-corrected chi connectivity index (χ3v) is 2.34. The first-order valence-corrected chi connectivity index (χ1v) is 5.14. The lowest BCUT2D eigenvalue weighted by atomic mass is 10.0. The van der Waals surface area contributed by atoms with Crippen molar-refractivity contribution >= 4 is 5.95 Å². The van der Waals surface area contributed by atoms with Gasteiger partial charge >= 0.3 is 0 Å². The Labute approximate surface area is 84.7 Å². The number of aromatic nitrogens is 4. The second-order valence-electron chi connectivity index (χ2n) is 4.16. The van der Waals surface area contributed by atoms with Gasteiger partial charge < -0.3 is 5.73 Å². The summed E-state index contributed by atoms with van der Waals surface area (Å²) in [5.74, 6) is 1.16. The van der Waals surface area contributed by atoms with Gasteiger partial charge in [0.25, 0.3) is 0 Å². The molecule has 0 aliphatic carbocycles. The molecular formula is C9H19N5. The Bertz CT molecular complexity index is 268. The van der Waals surface area contributed by atoms with Crippen molar-refractivity contribution in [2.24, 2.45) is 5.92 Å². The standard InChI is InChI=1S/C9H19N5/c1-7(2)5-4-6-8(3)14-9(10)11-12-13-14/h7-8H,4-6H2,1-3H3,(H2,10,11,13). The number of nitrogens with two attached hydrogens (primary N) is 1. The van der Waals surface area contributed by atoms with Gasteiger partial charge in [-0.15, -0.1) is 0 Å². The minimum Gasteiger partial charge on any atom is -0.367 e. The molecule has 5 nitrogen and oxygen atoms in total. The molecule has 80 valence electrons. The topological polar surface area (TPSA) is 69.6 Å². The smallest absolute Gasteiger partial charge is 0.240 e. The minimum absolute atomic E-state index is 0.295. The molecule has 0 aromatic carbocycles. The Morgan fingerprint density at radius 2 is 2.00 bits per heavy atom. The summed E-state index contributed by atoms with van der Waals surface area (Å²) in [6.45, 7) is 6.55. The lowest BCUT2D eigenvalue weighted by Crippen LogP contribution is -2.11. The highest BCUT2D eigenvalue weighted by Crippen LogP contribution is 2.17. The van der Waals surface area contributed by atoms with Gasteiger partial charge in [-0.25, -0.2) is 4.68 Å². The van der Waals surface area contributed by atoms with Gasteiger partial charge in [-0.1, -0.05) is 31.8 Å². The molecule has 1 rings (SSSR count). The third-order valence-electron chi connectivity index (χ3n) is 2.34. The summed E-state index contributed by atoms with van der Waals surface area (Å²) in [5, 5.41) is 11.0. The average Bonchev–Trinajstić information content (AvgIpc) is 2.50. The summed E-state index contributed by atoms with van der Waals surface area (Å²) in [5.41, 5.74) is 5.60. The van der Waals surface area contributed by atoms with Crippen LogP contribution in [0, 0.1) is 5.92 Å². The van der Waals surface area contributed by atoms with Gasteiger partial charge in [0.2, 0.25) is 5.95 Å². The van der Waals surface area contributed by atoms with E-state index in [9.17, 15) is 0 Å². The monoisotopic (exact) mass is 197 g/mol. The van der Waals surface area contributed by atoms with Crippen LogP contribution in [-0.4, -0.2) is 20.2 Å². The van der Waals surface area contributed by atoms with Crippen molar-refractivity contribution in [3.63, 3.8) is 0 Å². The maximum absolute atomic E-state index is 5.60. The fourth-order valence-electron chi connectivity index (χ4n) is 1.46. The zero-order valence-corrected chi connectivity index (χ0v) is 9.14. The molecule has 5 heteroatoms. The Kier molecular flexibility index (Phi) is 3.85. The fourth-order valence-corrected chi connectivity index (χ4v) is 1.46. The molecule has 0 bridgehead atoms. The molecule has 0 amide bonds. The van der Waals surface area contributed by atoms with Crippen molar-refractivity contribution in [2.45, 2.75) is 46.1 Å². The first-order chi connectivity index (χ1) is 6.61. The van der Waals surface area contributed by atoms with Crippen molar-refractivity contribution in [1.29, 1.82) is 0 Å². The van der Waals surface area contributed by atoms with E-state index in [1.807, 2.05) is 0 Å². The fraction of sp³-hybridized carbons (Fsp3) is 0.889. The number of tetrazole rings is 1. The molecule has 0 saturated carbocycles. The quantitative estimate of drug-likeness (QED) is 0.779. The molecule has 0 saturated heterocycles. The molecular weight excluding hydrogens is 178 g/mol. The van der Waals surface area contributed by atoms with Crippen molar-refractivity contribution in [1.82, 2.24) is 20.2 Å². The van der Waals surface area contributed by atoms with E-state index in [4.69, 9.17) is 5.73 Å². The summed E-state index contributed by atoms with van der Waals surface area (Å²) in [6.07, 6.45) is 3.51. The number of hydrogen-bond donors (Lipinski definition) is 1. The molecule has 1 aromatic heterocycles. The third kappa shape index (κ3) is 2.97. The Hall–Kier alpha value is -1.13. The molecule has 1 unspecified atom stereocenters. The highest BCUT2D eigenvalue weighted by molar-refractivity contribution is 5.10. The second kappa shape index (κ2) is 4.93. The van der Waals surface area contributed by atoms with Gasteiger partial charge in [-0.3, -0.25) is 0 Å². The lowest BCUT2D eigenvalue weighted by Gasteiger charge is -2.12. The van der Waals surface area contributed by atoms with E-state index >= 15 is 0 Å². The van der Waals surface area contributed by atoms with Crippen LogP contribution in [0.1, 0.15) is 46.1 Å². The van der Waals surface area contributed by atoms with Gasteiger partial charge in [0, 0.05) is 0 Å². The van der Waals surface area contributed by atoms with Gasteiger partial charge in [0.15, 0.2) is 0 Å². The molecule has 1 heterocycles. The zero-order valence-electron chi connectivity index (χ0n) is 9.14. The summed E-state index contributed by atoms with van der Waals surface area (Å²) in [6, 6.07) is 0.295. The van der Waals surface area contributed by atoms with Crippen LogP contribution in [-0.2, 0) is 0 Å². The van der Waals surface area contributed by atoms with E-state index in [0.29, 0.717) is 12.0 Å². The minimum atomic E-state index is 0.295. The van der Waals surface area contributed by atoms with Crippen LogP contribution in [0.2, 0.25) is 0 Å².